The molecule has 1 saturated heterocycles. The largest absolute Gasteiger partial charge is 0.478 e. The van der Waals surface area contributed by atoms with Crippen molar-refractivity contribution in [2.45, 2.75) is 69.6 Å². The van der Waals surface area contributed by atoms with E-state index in [1.54, 1.807) is 36.5 Å². The average molecular weight is 582 g/mol. The molecule has 0 amide bonds. The molecule has 3 aliphatic carbocycles. The van der Waals surface area contributed by atoms with Gasteiger partial charge in [0.1, 0.15) is 18.2 Å². The molecule has 2 bridgehead atoms. The van der Waals surface area contributed by atoms with Crippen molar-refractivity contribution in [3.05, 3.63) is 82.7 Å². The Kier molecular flexibility index (Phi) is 7.06. The number of benzene rings is 2. The third-order valence-corrected chi connectivity index (χ3v) is 9.72. The molecule has 2 aromatic carbocycles. The Balaban J connectivity index is 1.12. The van der Waals surface area contributed by atoms with Crippen LogP contribution in [0.4, 0.5) is 4.39 Å². The molecule has 1 N–H and O–H groups in total. The van der Waals surface area contributed by atoms with Gasteiger partial charge in [0.25, 0.3) is 0 Å². The fraction of sp³-hybridized carbons (Fsp3) is 0.424. The Morgan fingerprint density at radius 3 is 2.72 bits per heavy atom. The van der Waals surface area contributed by atoms with Crippen LogP contribution in [0.25, 0.3) is 11.0 Å². The molecular weight excluding hydrogens is 549 g/mol. The second-order valence-electron chi connectivity index (χ2n) is 12.1. The second-order valence-corrected chi connectivity index (χ2v) is 12.1. The van der Waals surface area contributed by atoms with E-state index >= 15 is 0 Å². The predicted octanol–water partition coefficient (Wildman–Crippen LogP) is 5.59. The van der Waals surface area contributed by atoms with Crippen LogP contribution in [0.1, 0.15) is 71.5 Å². The minimum Gasteiger partial charge on any atom is -0.478 e. The molecule has 0 spiro atoms. The summed E-state index contributed by atoms with van der Waals surface area (Å²) >= 11 is 0. The first-order chi connectivity index (χ1) is 20.9. The molecular formula is C33H32FN5O4. The van der Waals surface area contributed by atoms with E-state index in [9.17, 15) is 14.3 Å². The average Bonchev–Trinajstić information content (AvgIpc) is 3.34. The smallest absolute Gasteiger partial charge is 0.335 e. The van der Waals surface area contributed by atoms with Gasteiger partial charge in [0.05, 0.1) is 46.6 Å². The van der Waals surface area contributed by atoms with Crippen LogP contribution in [0.15, 0.2) is 48.7 Å². The van der Waals surface area contributed by atoms with Gasteiger partial charge < -0.3 is 19.1 Å². The number of carbonyl (C=O) groups is 1. The van der Waals surface area contributed by atoms with Gasteiger partial charge >= 0.3 is 12.0 Å². The van der Waals surface area contributed by atoms with E-state index in [0.29, 0.717) is 23.9 Å². The number of carboxylic acids is 1. The van der Waals surface area contributed by atoms with Crippen molar-refractivity contribution < 1.29 is 23.8 Å². The summed E-state index contributed by atoms with van der Waals surface area (Å²) in [5.41, 5.74) is 3.39. The summed E-state index contributed by atoms with van der Waals surface area (Å²) in [6, 6.07) is 13.6. The highest BCUT2D eigenvalue weighted by Gasteiger charge is 2.48. The Morgan fingerprint density at radius 2 is 2.00 bits per heavy atom. The van der Waals surface area contributed by atoms with Gasteiger partial charge in [0.2, 0.25) is 0 Å². The molecule has 2 atom stereocenters. The van der Waals surface area contributed by atoms with Gasteiger partial charge in [-0.2, -0.15) is 10.2 Å². The summed E-state index contributed by atoms with van der Waals surface area (Å²) < 4.78 is 28.1. The lowest BCUT2D eigenvalue weighted by atomic mass is 9.54. The van der Waals surface area contributed by atoms with Crippen LogP contribution in [-0.4, -0.2) is 43.3 Å². The summed E-state index contributed by atoms with van der Waals surface area (Å²) in [5.74, 6) is 0.555. The number of hydrogen-bond donors (Lipinski definition) is 1. The molecule has 3 saturated carbocycles. The summed E-state index contributed by atoms with van der Waals surface area (Å²) in [4.78, 5) is 25.8. The lowest BCUT2D eigenvalue weighted by molar-refractivity contribution is -0.0592. The summed E-state index contributed by atoms with van der Waals surface area (Å²) in [6.07, 6.45) is 8.91. The number of rotatable bonds is 9. The standard InChI is InChI=1S/C33H32FN5O4/c34-26-13-20(17-35)1-2-23(26)19-43-32-36-11-7-29(38-32)33-9-5-21(6-10-33)24(16-33)15-30-37-27-4-3-22(31(40)41)14-28(27)39(30)18-25-8-12-42-25/h1-4,7,11,13-14,21,24-25H,5-6,8-10,12,15-16,18-19H2,(H,40,41)/t21?,24?,25-,33?/m0/s1. The van der Waals surface area contributed by atoms with E-state index in [1.807, 2.05) is 12.1 Å². The lowest BCUT2D eigenvalue weighted by Gasteiger charge is -2.50. The van der Waals surface area contributed by atoms with E-state index in [4.69, 9.17) is 24.7 Å². The summed E-state index contributed by atoms with van der Waals surface area (Å²) in [5, 5.41) is 18.6. The van der Waals surface area contributed by atoms with Crippen molar-refractivity contribution in [2.75, 3.05) is 6.61 Å². The van der Waals surface area contributed by atoms with Crippen molar-refractivity contribution in [1.29, 1.82) is 5.26 Å². The van der Waals surface area contributed by atoms with Crippen LogP contribution in [-0.2, 0) is 29.7 Å². The summed E-state index contributed by atoms with van der Waals surface area (Å²) in [7, 11) is 0. The molecule has 1 aliphatic heterocycles. The van der Waals surface area contributed by atoms with Crippen LogP contribution in [0, 0.1) is 29.0 Å². The third-order valence-electron chi connectivity index (χ3n) is 9.72. The number of aromatic carboxylic acids is 1. The minimum absolute atomic E-state index is 0.0246. The van der Waals surface area contributed by atoms with Crippen LogP contribution in [0.3, 0.4) is 0 Å². The molecule has 3 heterocycles. The number of hydrogen-bond acceptors (Lipinski definition) is 7. The van der Waals surface area contributed by atoms with E-state index < -0.39 is 11.8 Å². The molecule has 1 unspecified atom stereocenters. The molecule has 10 heteroatoms. The number of halogens is 1. The highest BCUT2D eigenvalue weighted by Crippen LogP contribution is 2.54. The van der Waals surface area contributed by atoms with Crippen LogP contribution in [0.2, 0.25) is 0 Å². The van der Waals surface area contributed by atoms with Crippen LogP contribution < -0.4 is 4.74 Å². The SMILES string of the molecule is N#Cc1ccc(COc2nccc(C34CCC(CC3)C(Cc3nc5ccc(C(=O)O)cc5n3C[C@@H]3CCO3)C4)n2)c(F)c1. The van der Waals surface area contributed by atoms with Gasteiger partial charge in [0.15, 0.2) is 0 Å². The molecule has 220 valence electrons. The lowest BCUT2D eigenvalue weighted by Crippen LogP contribution is -2.44. The zero-order chi connectivity index (χ0) is 29.6. The molecule has 43 heavy (non-hydrogen) atoms. The number of nitriles is 1. The highest BCUT2D eigenvalue weighted by atomic mass is 19.1. The van der Waals surface area contributed by atoms with Crippen molar-refractivity contribution in [3.63, 3.8) is 0 Å². The fourth-order valence-electron chi connectivity index (χ4n) is 7.25. The number of nitrogens with zero attached hydrogens (tertiary/aromatic N) is 5. The minimum atomic E-state index is -0.946. The van der Waals surface area contributed by atoms with E-state index in [0.717, 1.165) is 74.1 Å². The summed E-state index contributed by atoms with van der Waals surface area (Å²) in [6.45, 7) is 1.40. The molecule has 4 fully saturated rings. The van der Waals surface area contributed by atoms with Crippen molar-refractivity contribution >= 4 is 17.0 Å². The van der Waals surface area contributed by atoms with Gasteiger partial charge in [0, 0.05) is 30.2 Å². The quantitative estimate of drug-likeness (QED) is 0.271. The first-order valence-electron chi connectivity index (χ1n) is 14.9. The number of fused-ring (bicyclic) bond motifs is 4. The van der Waals surface area contributed by atoms with Crippen LogP contribution >= 0.6 is 0 Å². The highest BCUT2D eigenvalue weighted by molar-refractivity contribution is 5.92. The van der Waals surface area contributed by atoms with Gasteiger partial charge in [-0.3, -0.25) is 0 Å². The molecule has 4 aromatic rings. The van der Waals surface area contributed by atoms with E-state index in [2.05, 4.69) is 9.55 Å². The van der Waals surface area contributed by atoms with Crippen molar-refractivity contribution in [2.24, 2.45) is 11.8 Å². The zero-order valence-electron chi connectivity index (χ0n) is 23.7. The fourth-order valence-corrected chi connectivity index (χ4v) is 7.25. The predicted molar refractivity (Wildman–Crippen MR) is 154 cm³/mol. The van der Waals surface area contributed by atoms with Crippen LogP contribution in [0.5, 0.6) is 6.01 Å². The Hall–Kier alpha value is -4.36. The molecule has 8 rings (SSSR count). The van der Waals surface area contributed by atoms with Crippen molar-refractivity contribution in [3.8, 4) is 12.1 Å². The Labute approximate surface area is 248 Å². The number of aromatic nitrogens is 4. The maximum absolute atomic E-state index is 14.4. The molecule has 9 nitrogen and oxygen atoms in total. The van der Waals surface area contributed by atoms with E-state index in [-0.39, 0.29) is 35.3 Å². The molecule has 0 radical (unpaired) electrons. The number of ether oxygens (including phenoxy) is 2. The van der Waals surface area contributed by atoms with E-state index in [1.165, 1.54) is 6.07 Å². The van der Waals surface area contributed by atoms with Gasteiger partial charge in [-0.1, -0.05) is 6.07 Å². The van der Waals surface area contributed by atoms with Gasteiger partial charge in [-0.25, -0.2) is 19.2 Å². The number of imidazole rings is 1. The van der Waals surface area contributed by atoms with Crippen molar-refractivity contribution in [1.82, 2.24) is 19.5 Å². The van der Waals surface area contributed by atoms with Gasteiger partial charge in [-0.05, 0) is 86.8 Å². The zero-order valence-corrected chi connectivity index (χ0v) is 23.7. The Bertz CT molecular complexity index is 1740. The maximum atomic E-state index is 14.4. The second kappa shape index (κ2) is 11.0. The molecule has 4 aliphatic rings. The topological polar surface area (TPSA) is 123 Å². The maximum Gasteiger partial charge on any atom is 0.335 e. The first kappa shape index (κ1) is 27.5. The number of carboxylic acid groups (broad SMARTS) is 1. The third kappa shape index (κ3) is 5.23. The first-order valence-corrected chi connectivity index (χ1v) is 14.9. The monoisotopic (exact) mass is 581 g/mol. The normalized spacial score (nSPS) is 24.4. The molecule has 2 aromatic heterocycles. The van der Waals surface area contributed by atoms with Gasteiger partial charge in [-0.15, -0.1) is 0 Å². The Morgan fingerprint density at radius 1 is 1.16 bits per heavy atom.